The number of benzene rings is 21. The van der Waals surface area contributed by atoms with Gasteiger partial charge in [-0.3, -0.25) is 13.7 Å². The van der Waals surface area contributed by atoms with Crippen LogP contribution in [0.25, 0.3) is 291 Å². The molecule has 0 aliphatic heterocycles. The molecule has 32 aromatic rings. The van der Waals surface area contributed by atoms with E-state index in [9.17, 15) is 0 Å². The summed E-state index contributed by atoms with van der Waals surface area (Å²) >= 11 is 7.28. The van der Waals surface area contributed by atoms with Crippen LogP contribution in [0, 0.1) is 0 Å². The van der Waals surface area contributed by atoms with Crippen molar-refractivity contribution in [3.8, 4) is 79.6 Å². The number of nitrogens with zero attached hydrogens (tertiary/aromatic N) is 10. The SMILES string of the molecule is c1ccc(-c2ccc(-c3nc(-n4c5ccccc5c5cc(-c6ccc7c(c6)c6c8ccccc8ccc6n7-c6ccccc6)ccc54)nc4ccccc34)cc2)cc1.c1ccc(-c2nc(-n3c4ccccc4c4c5ccccc5c5c6ccccc6sc5c43)nc3c2sc2ccccc23)cc1.c1ccc(-c2nc(-n3c4ccccc4c4c5ccccc5c5sc6ccccc6c5c43)nc3c2sc2ccccc23)cc1. The fourth-order valence-electron chi connectivity index (χ4n) is 22.6. The van der Waals surface area contributed by atoms with E-state index >= 15 is 0 Å². The summed E-state index contributed by atoms with van der Waals surface area (Å²) in [6.45, 7) is 0. The summed E-state index contributed by atoms with van der Waals surface area (Å²) in [5, 5.41) is 25.9. The van der Waals surface area contributed by atoms with Crippen LogP contribution in [0.1, 0.15) is 0 Å². The molecule has 0 unspecified atom stereocenters. The molecule has 670 valence electrons. The van der Waals surface area contributed by atoms with Crippen LogP contribution in [0.3, 0.4) is 0 Å². The van der Waals surface area contributed by atoms with E-state index in [4.69, 9.17) is 29.9 Å². The van der Waals surface area contributed by atoms with E-state index in [1.54, 1.807) is 22.7 Å². The second-order valence-electron chi connectivity index (χ2n) is 36.9. The van der Waals surface area contributed by atoms with E-state index in [0.29, 0.717) is 17.8 Å². The molecule has 0 atom stereocenters. The lowest BCUT2D eigenvalue weighted by Gasteiger charge is -2.12. The summed E-state index contributed by atoms with van der Waals surface area (Å²) in [6, 6.07) is 165. The molecule has 11 heterocycles. The number of rotatable bonds is 9. The zero-order chi connectivity index (χ0) is 94.3. The predicted molar refractivity (Wildman–Crippen MR) is 612 cm³/mol. The summed E-state index contributed by atoms with van der Waals surface area (Å²) in [6.07, 6.45) is 0. The Balaban J connectivity index is 0.000000102. The smallest absolute Gasteiger partial charge is 0.235 e. The van der Waals surface area contributed by atoms with Crippen molar-refractivity contribution in [3.63, 3.8) is 0 Å². The zero-order valence-electron chi connectivity index (χ0n) is 77.0. The van der Waals surface area contributed by atoms with Gasteiger partial charge in [0.05, 0.1) is 91.9 Å². The Labute approximate surface area is 838 Å². The van der Waals surface area contributed by atoms with Crippen LogP contribution in [0.2, 0.25) is 0 Å². The first-order chi connectivity index (χ1) is 71.5. The normalized spacial score (nSPS) is 12.0. The average Bonchev–Trinajstić information content (AvgIpc) is 1.54. The zero-order valence-corrected chi connectivity index (χ0v) is 80.2. The van der Waals surface area contributed by atoms with Crippen LogP contribution in [0.4, 0.5) is 0 Å². The van der Waals surface area contributed by atoms with Crippen molar-refractivity contribution in [2.45, 2.75) is 0 Å². The molecule has 21 aromatic carbocycles. The van der Waals surface area contributed by atoms with Crippen molar-refractivity contribution in [3.05, 3.63) is 461 Å². The topological polar surface area (TPSA) is 97.1 Å². The molecule has 14 heteroatoms. The molecular formula is C130H76N10S4. The number of fused-ring (bicyclic) bond motifs is 35. The molecule has 32 rings (SSSR count). The van der Waals surface area contributed by atoms with Gasteiger partial charge in [0.2, 0.25) is 17.8 Å². The first-order valence-corrected chi connectivity index (χ1v) is 51.7. The Hall–Kier alpha value is -18.0. The number of para-hydroxylation sites is 5. The fourth-order valence-corrected chi connectivity index (χ4v) is 27.4. The van der Waals surface area contributed by atoms with Gasteiger partial charge in [0, 0.05) is 132 Å². The Morgan fingerprint density at radius 1 is 0.167 bits per heavy atom. The summed E-state index contributed by atoms with van der Waals surface area (Å²) < 4.78 is 19.1. The van der Waals surface area contributed by atoms with E-state index < -0.39 is 0 Å². The van der Waals surface area contributed by atoms with Gasteiger partial charge in [0.1, 0.15) is 0 Å². The van der Waals surface area contributed by atoms with Gasteiger partial charge in [0.25, 0.3) is 0 Å². The highest BCUT2D eigenvalue weighted by Crippen LogP contribution is 2.53. The van der Waals surface area contributed by atoms with Crippen LogP contribution >= 0.6 is 45.3 Å². The van der Waals surface area contributed by atoms with Crippen molar-refractivity contribution in [1.82, 2.24) is 48.2 Å². The van der Waals surface area contributed by atoms with Crippen molar-refractivity contribution in [1.29, 1.82) is 0 Å². The first kappa shape index (κ1) is 81.9. The molecule has 0 radical (unpaired) electrons. The van der Waals surface area contributed by atoms with Gasteiger partial charge in [-0.05, 0) is 140 Å². The fraction of sp³-hybridized carbons (Fsp3) is 0. The van der Waals surface area contributed by atoms with E-state index in [1.807, 2.05) is 22.7 Å². The number of aromatic nitrogens is 10. The highest BCUT2D eigenvalue weighted by atomic mass is 32.1. The van der Waals surface area contributed by atoms with Crippen LogP contribution in [-0.4, -0.2) is 48.2 Å². The summed E-state index contributed by atoms with van der Waals surface area (Å²) in [7, 11) is 0. The largest absolute Gasteiger partial charge is 0.309 e. The Kier molecular flexibility index (Phi) is 18.7. The van der Waals surface area contributed by atoms with Gasteiger partial charge in [-0.2, -0.15) is 0 Å². The Bertz CT molecular complexity index is 11000. The van der Waals surface area contributed by atoms with Crippen LogP contribution < -0.4 is 0 Å². The van der Waals surface area contributed by atoms with Gasteiger partial charge >= 0.3 is 0 Å². The molecule has 0 fully saturated rings. The average molecular weight is 1910 g/mol. The Morgan fingerprint density at radius 3 is 1.12 bits per heavy atom. The van der Waals surface area contributed by atoms with Crippen LogP contribution in [0.15, 0.2) is 461 Å². The minimum Gasteiger partial charge on any atom is -0.309 e. The second kappa shape index (κ2) is 32.8. The van der Waals surface area contributed by atoms with Gasteiger partial charge < -0.3 is 4.57 Å². The molecule has 144 heavy (non-hydrogen) atoms. The lowest BCUT2D eigenvalue weighted by Crippen LogP contribution is -2.03. The maximum absolute atomic E-state index is 5.43. The molecule has 0 aliphatic rings. The number of hydrogen-bond acceptors (Lipinski definition) is 10. The summed E-state index contributed by atoms with van der Waals surface area (Å²) in [5.41, 5.74) is 24.0. The third kappa shape index (κ3) is 12.7. The lowest BCUT2D eigenvalue weighted by molar-refractivity contribution is 1.01. The van der Waals surface area contributed by atoms with Gasteiger partial charge in [-0.15, -0.1) is 45.3 Å². The van der Waals surface area contributed by atoms with Crippen molar-refractivity contribution >= 4 is 257 Å². The minimum absolute atomic E-state index is 0.654. The highest BCUT2D eigenvalue weighted by molar-refractivity contribution is 7.28. The van der Waals surface area contributed by atoms with Gasteiger partial charge in [0.15, 0.2) is 0 Å². The van der Waals surface area contributed by atoms with Crippen LogP contribution in [-0.2, 0) is 0 Å². The quantitative estimate of drug-likeness (QED) is 0.143. The summed E-state index contributed by atoms with van der Waals surface area (Å²) in [4.78, 5) is 32.2. The number of hydrogen-bond donors (Lipinski definition) is 0. The maximum atomic E-state index is 5.43. The standard InChI is InChI=1S/C54H34N4.2C38H21N3S2/c1-3-13-35(14-4-1)36-23-25-38(26-24-36)53-44-20-9-11-21-47(44)55-54(56-53)58-48-22-12-10-19-43(48)45-33-39(28-30-49(45)58)40-29-31-50-46(34-40)52-42-18-8-7-15-37(42)27-32-51(52)57(50)41-16-5-2-6-17-41;1-2-12-22(13-3-1)33-37-34(27-18-8-11-21-30(27)43-37)40-38(39-33)41-28-19-9-6-16-25(28)31-23-14-4-5-15-24(23)36-32(35(31)41)26-17-7-10-20-29(26)42-36;1-2-12-22(13-3-1)33-37-34(27-18-8-11-21-30(27)43-37)40-38(39-33)41-28-19-9-6-16-25(28)31-23-14-4-5-15-24(23)32-26-17-7-10-20-29(26)42-36(32)35(31)41/h1-34H;2*1-21H. The molecular weight excluding hydrogens is 1830 g/mol. The van der Waals surface area contributed by atoms with Gasteiger partial charge in [-0.25, -0.2) is 29.9 Å². The molecule has 0 amide bonds. The highest BCUT2D eigenvalue weighted by Gasteiger charge is 2.30. The van der Waals surface area contributed by atoms with Gasteiger partial charge in [-0.1, -0.05) is 370 Å². The molecule has 10 nitrogen and oxygen atoms in total. The lowest BCUT2D eigenvalue weighted by atomic mass is 9.99. The van der Waals surface area contributed by atoms with E-state index in [1.165, 1.54) is 164 Å². The second-order valence-corrected chi connectivity index (χ2v) is 41.1. The number of thiophene rings is 4. The summed E-state index contributed by atoms with van der Waals surface area (Å²) in [5.74, 6) is 2.06. The third-order valence-corrected chi connectivity index (χ3v) is 33.7. The van der Waals surface area contributed by atoms with Crippen molar-refractivity contribution in [2.24, 2.45) is 0 Å². The molecule has 0 N–H and O–H groups in total. The monoisotopic (exact) mass is 1900 g/mol. The van der Waals surface area contributed by atoms with Crippen LogP contribution in [0.5, 0.6) is 0 Å². The molecule has 0 spiro atoms. The predicted octanol–water partition coefficient (Wildman–Crippen LogP) is 36.2. The van der Waals surface area contributed by atoms with Crippen molar-refractivity contribution < 1.29 is 0 Å². The third-order valence-electron chi connectivity index (χ3n) is 28.9. The van der Waals surface area contributed by atoms with E-state index in [2.05, 4.69) is 479 Å². The molecule has 0 bridgehead atoms. The van der Waals surface area contributed by atoms with E-state index in [-0.39, 0.29) is 0 Å². The van der Waals surface area contributed by atoms with E-state index in [0.717, 1.165) is 109 Å². The molecule has 0 saturated carbocycles. The Morgan fingerprint density at radius 2 is 0.528 bits per heavy atom. The van der Waals surface area contributed by atoms with Crippen molar-refractivity contribution in [2.75, 3.05) is 0 Å². The molecule has 0 saturated heterocycles. The first-order valence-electron chi connectivity index (χ1n) is 48.5. The molecule has 0 aliphatic carbocycles. The maximum Gasteiger partial charge on any atom is 0.235 e. The molecule has 11 aromatic heterocycles. The minimum atomic E-state index is 0.654.